The van der Waals surface area contributed by atoms with Crippen molar-refractivity contribution in [3.05, 3.63) is 24.3 Å². The summed E-state index contributed by atoms with van der Waals surface area (Å²) in [5.74, 6) is 0.907. The van der Waals surface area contributed by atoms with Gasteiger partial charge in [-0.1, -0.05) is 31.9 Å². The number of alkyl halides is 2. The van der Waals surface area contributed by atoms with E-state index in [4.69, 9.17) is 4.74 Å². The second kappa shape index (κ2) is 5.59. The normalized spacial score (nSPS) is 28.1. The first-order valence-corrected chi connectivity index (χ1v) is 7.39. The first-order chi connectivity index (χ1) is 8.11. The molecule has 0 aromatic heterocycles. The fraction of sp³-hybridized carbons (Fsp3) is 0.500. The quantitative estimate of drug-likeness (QED) is 0.636. The Balaban J connectivity index is 1.99. The molecule has 1 aromatic rings. The van der Waals surface area contributed by atoms with Crippen LogP contribution in [0.4, 0.5) is 5.69 Å². The predicted octanol–water partition coefficient (Wildman–Crippen LogP) is 3.30. The van der Waals surface area contributed by atoms with Crippen LogP contribution >= 0.6 is 31.9 Å². The molecule has 17 heavy (non-hydrogen) atoms. The Labute approximate surface area is 119 Å². The highest BCUT2D eigenvalue weighted by Crippen LogP contribution is 2.32. The van der Waals surface area contributed by atoms with Crippen molar-refractivity contribution in [2.75, 3.05) is 18.5 Å². The number of halogens is 2. The van der Waals surface area contributed by atoms with Crippen LogP contribution < -0.4 is 15.4 Å². The Bertz CT molecular complexity index is 371. The summed E-state index contributed by atoms with van der Waals surface area (Å²) in [4.78, 5) is 0.358. The van der Waals surface area contributed by atoms with Gasteiger partial charge in [-0.2, -0.15) is 0 Å². The number of hydrogen-bond donors (Lipinski definition) is 2. The summed E-state index contributed by atoms with van der Waals surface area (Å²) in [6.45, 7) is 3.57. The standard InChI is InChI=1S/C12H16Br2N2O/c1-2-17-10-5-3-9(4-6-10)16-12(14)7-11(13)15-8-12/h3-6,11,15-16H,2,7-8H2,1H3. The smallest absolute Gasteiger partial charge is 0.119 e. The van der Waals surface area contributed by atoms with Crippen molar-refractivity contribution < 1.29 is 4.74 Å². The second-order valence-corrected chi connectivity index (χ2v) is 6.72. The Morgan fingerprint density at radius 2 is 2.18 bits per heavy atom. The molecule has 0 bridgehead atoms. The van der Waals surface area contributed by atoms with Gasteiger partial charge in [0.1, 0.15) is 10.2 Å². The molecule has 5 heteroatoms. The van der Waals surface area contributed by atoms with Crippen molar-refractivity contribution >= 4 is 37.5 Å². The lowest BCUT2D eigenvalue weighted by molar-refractivity contribution is 0.340. The molecular formula is C12H16Br2N2O. The summed E-state index contributed by atoms with van der Waals surface area (Å²) < 4.78 is 5.34. The van der Waals surface area contributed by atoms with Gasteiger partial charge in [0.15, 0.2) is 0 Å². The summed E-state index contributed by atoms with van der Waals surface area (Å²) >= 11 is 7.30. The maximum Gasteiger partial charge on any atom is 0.119 e. The number of rotatable bonds is 4. The van der Waals surface area contributed by atoms with Crippen LogP contribution in [0, 0.1) is 0 Å². The molecule has 1 heterocycles. The summed E-state index contributed by atoms with van der Waals surface area (Å²) in [6, 6.07) is 8.04. The molecule has 0 radical (unpaired) electrons. The number of hydrogen-bond acceptors (Lipinski definition) is 3. The van der Waals surface area contributed by atoms with Crippen LogP contribution in [0.1, 0.15) is 13.3 Å². The van der Waals surface area contributed by atoms with E-state index < -0.39 is 0 Å². The van der Waals surface area contributed by atoms with Gasteiger partial charge in [-0.15, -0.1) is 0 Å². The molecule has 94 valence electrons. The molecule has 1 aromatic carbocycles. The van der Waals surface area contributed by atoms with Crippen molar-refractivity contribution in [1.82, 2.24) is 5.32 Å². The van der Waals surface area contributed by atoms with Crippen LogP contribution in [-0.4, -0.2) is 22.6 Å². The van der Waals surface area contributed by atoms with Crippen molar-refractivity contribution in [2.24, 2.45) is 0 Å². The third kappa shape index (κ3) is 3.60. The maximum absolute atomic E-state index is 5.41. The molecule has 0 aliphatic carbocycles. The molecule has 2 atom stereocenters. The zero-order chi connectivity index (χ0) is 12.3. The SMILES string of the molecule is CCOc1ccc(NC2(Br)CNC(Br)C2)cc1. The lowest BCUT2D eigenvalue weighted by Gasteiger charge is -2.23. The van der Waals surface area contributed by atoms with Crippen LogP contribution in [0.2, 0.25) is 0 Å². The van der Waals surface area contributed by atoms with E-state index in [1.165, 1.54) is 0 Å². The number of anilines is 1. The van der Waals surface area contributed by atoms with Crippen molar-refractivity contribution in [3.8, 4) is 5.75 Å². The van der Waals surface area contributed by atoms with E-state index in [0.29, 0.717) is 11.6 Å². The Morgan fingerprint density at radius 1 is 1.47 bits per heavy atom. The van der Waals surface area contributed by atoms with E-state index in [-0.39, 0.29) is 4.45 Å². The van der Waals surface area contributed by atoms with E-state index in [9.17, 15) is 0 Å². The van der Waals surface area contributed by atoms with Gasteiger partial charge in [0.25, 0.3) is 0 Å². The van der Waals surface area contributed by atoms with Gasteiger partial charge in [0.05, 0.1) is 11.6 Å². The average molecular weight is 364 g/mol. The van der Waals surface area contributed by atoms with Crippen molar-refractivity contribution in [2.45, 2.75) is 22.7 Å². The molecule has 2 rings (SSSR count). The minimum absolute atomic E-state index is 0.0751. The largest absolute Gasteiger partial charge is 0.494 e. The van der Waals surface area contributed by atoms with E-state index in [1.54, 1.807) is 0 Å². The molecule has 0 saturated carbocycles. The third-order valence-electron chi connectivity index (χ3n) is 2.64. The molecule has 2 N–H and O–H groups in total. The first kappa shape index (κ1) is 13.2. The highest BCUT2D eigenvalue weighted by molar-refractivity contribution is 9.10. The monoisotopic (exact) mass is 362 g/mol. The zero-order valence-corrected chi connectivity index (χ0v) is 12.8. The van der Waals surface area contributed by atoms with Gasteiger partial charge in [-0.3, -0.25) is 0 Å². The van der Waals surface area contributed by atoms with Crippen LogP contribution in [0.15, 0.2) is 24.3 Å². The Kier molecular flexibility index (Phi) is 4.33. The third-order valence-corrected chi connectivity index (χ3v) is 4.09. The lowest BCUT2D eigenvalue weighted by Crippen LogP contribution is -2.33. The number of nitrogens with one attached hydrogen (secondary N) is 2. The molecule has 0 spiro atoms. The molecule has 1 fully saturated rings. The van der Waals surface area contributed by atoms with Crippen LogP contribution in [0.5, 0.6) is 5.75 Å². The molecule has 1 aliphatic rings. The molecule has 1 saturated heterocycles. The second-order valence-electron chi connectivity index (χ2n) is 4.10. The average Bonchev–Trinajstić information content (AvgIpc) is 2.62. The fourth-order valence-electron chi connectivity index (χ4n) is 1.86. The minimum atomic E-state index is -0.0751. The zero-order valence-electron chi connectivity index (χ0n) is 9.67. The van der Waals surface area contributed by atoms with Gasteiger partial charge in [-0.05, 0) is 31.2 Å². The highest BCUT2D eigenvalue weighted by atomic mass is 79.9. The summed E-state index contributed by atoms with van der Waals surface area (Å²) in [5, 5.41) is 6.83. The number of benzene rings is 1. The Morgan fingerprint density at radius 3 is 2.71 bits per heavy atom. The van der Waals surface area contributed by atoms with Gasteiger partial charge < -0.3 is 15.4 Å². The van der Waals surface area contributed by atoms with E-state index in [1.807, 2.05) is 31.2 Å². The lowest BCUT2D eigenvalue weighted by atomic mass is 10.2. The van der Waals surface area contributed by atoms with Crippen molar-refractivity contribution in [3.63, 3.8) is 0 Å². The predicted molar refractivity (Wildman–Crippen MR) is 78.2 cm³/mol. The van der Waals surface area contributed by atoms with Crippen LogP contribution in [-0.2, 0) is 0 Å². The maximum atomic E-state index is 5.41. The Hall–Kier alpha value is -0.260. The van der Waals surface area contributed by atoms with E-state index >= 15 is 0 Å². The summed E-state index contributed by atoms with van der Waals surface area (Å²) in [5.41, 5.74) is 1.09. The van der Waals surface area contributed by atoms with Crippen LogP contribution in [0.3, 0.4) is 0 Å². The topological polar surface area (TPSA) is 33.3 Å². The molecule has 2 unspecified atom stereocenters. The summed E-state index contributed by atoms with van der Waals surface area (Å²) in [7, 11) is 0. The van der Waals surface area contributed by atoms with Crippen LogP contribution in [0.25, 0.3) is 0 Å². The van der Waals surface area contributed by atoms with Gasteiger partial charge in [0, 0.05) is 18.7 Å². The van der Waals surface area contributed by atoms with Gasteiger partial charge in [0.2, 0.25) is 0 Å². The molecule has 0 amide bonds. The molecular weight excluding hydrogens is 348 g/mol. The van der Waals surface area contributed by atoms with E-state index in [0.717, 1.165) is 24.4 Å². The highest BCUT2D eigenvalue weighted by Gasteiger charge is 2.35. The van der Waals surface area contributed by atoms with Crippen molar-refractivity contribution in [1.29, 1.82) is 0 Å². The van der Waals surface area contributed by atoms with Gasteiger partial charge >= 0.3 is 0 Å². The molecule has 3 nitrogen and oxygen atoms in total. The first-order valence-electron chi connectivity index (χ1n) is 5.69. The number of ether oxygens (including phenoxy) is 1. The van der Waals surface area contributed by atoms with Gasteiger partial charge in [-0.25, -0.2) is 0 Å². The fourth-order valence-corrected chi connectivity index (χ4v) is 3.72. The summed E-state index contributed by atoms with van der Waals surface area (Å²) in [6.07, 6.45) is 0.986. The minimum Gasteiger partial charge on any atom is -0.494 e. The molecule has 1 aliphatic heterocycles. The van der Waals surface area contributed by atoms with E-state index in [2.05, 4.69) is 42.5 Å².